The molecule has 1 N–H and O–H groups in total. The van der Waals surface area contributed by atoms with Crippen molar-refractivity contribution in [2.75, 3.05) is 19.8 Å². The summed E-state index contributed by atoms with van der Waals surface area (Å²) in [5.41, 5.74) is 1.65. The maximum atomic E-state index is 12.0. The minimum Gasteiger partial charge on any atom is -0.490 e. The lowest BCUT2D eigenvalue weighted by molar-refractivity contribution is -0.121. The molecule has 6 nitrogen and oxygen atoms in total. The van der Waals surface area contributed by atoms with Crippen LogP contribution in [0.15, 0.2) is 36.5 Å². The Morgan fingerprint density at radius 2 is 1.92 bits per heavy atom. The average molecular weight is 358 g/mol. The Labute approximate surface area is 154 Å². The van der Waals surface area contributed by atoms with E-state index in [-0.39, 0.29) is 5.91 Å². The zero-order valence-electron chi connectivity index (χ0n) is 15.4. The molecule has 0 spiro atoms. The van der Waals surface area contributed by atoms with Crippen LogP contribution in [0.1, 0.15) is 36.3 Å². The van der Waals surface area contributed by atoms with Crippen LogP contribution in [0.25, 0.3) is 0 Å². The molecule has 1 aromatic heterocycles. The fraction of sp³-hybridized carbons (Fsp3) is 0.400. The zero-order valence-corrected chi connectivity index (χ0v) is 15.4. The van der Waals surface area contributed by atoms with Gasteiger partial charge in [-0.05, 0) is 50.1 Å². The first-order valence-corrected chi connectivity index (χ1v) is 8.93. The minimum atomic E-state index is -0.0356. The Morgan fingerprint density at radius 1 is 1.15 bits per heavy atom. The van der Waals surface area contributed by atoms with E-state index in [1.54, 1.807) is 22.9 Å². The van der Waals surface area contributed by atoms with Gasteiger partial charge in [0.05, 0.1) is 18.9 Å². The molecule has 1 amide bonds. The van der Waals surface area contributed by atoms with Gasteiger partial charge in [-0.25, -0.2) is 0 Å². The third kappa shape index (κ3) is 5.65. The summed E-state index contributed by atoms with van der Waals surface area (Å²) in [6, 6.07) is 9.36. The van der Waals surface area contributed by atoms with Crippen LogP contribution >= 0.6 is 0 Å². The van der Waals surface area contributed by atoms with Crippen molar-refractivity contribution in [3.8, 4) is 11.5 Å². The van der Waals surface area contributed by atoms with E-state index in [4.69, 9.17) is 9.47 Å². The monoisotopic (exact) mass is 358 g/mol. The topological polar surface area (TPSA) is 69.6 Å². The van der Waals surface area contributed by atoms with Crippen LogP contribution in [0, 0.1) is 0 Å². The van der Waals surface area contributed by atoms with Gasteiger partial charge < -0.3 is 19.4 Å². The number of aromatic nitrogens is 1. The lowest BCUT2D eigenvalue weighted by Gasteiger charge is -2.13. The predicted octanol–water partition coefficient (Wildman–Crippen LogP) is 2.85. The van der Waals surface area contributed by atoms with E-state index in [0.29, 0.717) is 44.8 Å². The summed E-state index contributed by atoms with van der Waals surface area (Å²) in [5.74, 6) is 1.43. The molecule has 26 heavy (non-hydrogen) atoms. The van der Waals surface area contributed by atoms with Gasteiger partial charge >= 0.3 is 0 Å². The van der Waals surface area contributed by atoms with E-state index in [1.807, 2.05) is 32.0 Å². The van der Waals surface area contributed by atoms with E-state index in [0.717, 1.165) is 23.3 Å². The Morgan fingerprint density at radius 3 is 2.65 bits per heavy atom. The molecule has 6 heteroatoms. The Kier molecular flexibility index (Phi) is 7.74. The van der Waals surface area contributed by atoms with Crippen LogP contribution in [-0.4, -0.2) is 36.5 Å². The van der Waals surface area contributed by atoms with Crippen molar-refractivity contribution in [3.05, 3.63) is 47.8 Å². The normalized spacial score (nSPS) is 10.4. The van der Waals surface area contributed by atoms with Crippen LogP contribution in [-0.2, 0) is 17.8 Å². The number of nitrogens with one attached hydrogen (secondary N) is 1. The Balaban J connectivity index is 1.80. The highest BCUT2D eigenvalue weighted by Crippen LogP contribution is 2.28. The van der Waals surface area contributed by atoms with Crippen LogP contribution in [0.5, 0.6) is 11.5 Å². The van der Waals surface area contributed by atoms with Crippen LogP contribution in [0.4, 0.5) is 0 Å². The molecule has 0 saturated heterocycles. The molecule has 140 valence electrons. The average Bonchev–Trinajstić information content (AvgIpc) is 3.10. The maximum absolute atomic E-state index is 12.0. The lowest BCUT2D eigenvalue weighted by Crippen LogP contribution is -2.26. The molecular weight excluding hydrogens is 332 g/mol. The quantitative estimate of drug-likeness (QED) is 0.627. The van der Waals surface area contributed by atoms with Gasteiger partial charge in [0.1, 0.15) is 0 Å². The maximum Gasteiger partial charge on any atom is 0.221 e. The van der Waals surface area contributed by atoms with E-state index in [1.165, 1.54) is 0 Å². The van der Waals surface area contributed by atoms with E-state index in [2.05, 4.69) is 5.32 Å². The minimum absolute atomic E-state index is 0.0356. The number of rotatable bonds is 11. The van der Waals surface area contributed by atoms with Crippen molar-refractivity contribution in [1.82, 2.24) is 9.88 Å². The van der Waals surface area contributed by atoms with Crippen molar-refractivity contribution in [3.63, 3.8) is 0 Å². The van der Waals surface area contributed by atoms with Crippen LogP contribution < -0.4 is 14.8 Å². The van der Waals surface area contributed by atoms with Gasteiger partial charge in [0.2, 0.25) is 5.91 Å². The molecule has 0 atom stereocenters. The predicted molar refractivity (Wildman–Crippen MR) is 99.9 cm³/mol. The molecule has 1 heterocycles. The van der Waals surface area contributed by atoms with Gasteiger partial charge in [-0.1, -0.05) is 6.07 Å². The molecule has 0 saturated carbocycles. The SMILES string of the molecule is CCOc1ccc(CCNC(=O)CCn2cccc2C=O)cc1OCC. The van der Waals surface area contributed by atoms with Crippen LogP contribution in [0.2, 0.25) is 0 Å². The fourth-order valence-electron chi connectivity index (χ4n) is 2.65. The molecular formula is C20H26N2O4. The van der Waals surface area contributed by atoms with Gasteiger partial charge in [0, 0.05) is 25.7 Å². The van der Waals surface area contributed by atoms with Gasteiger partial charge in [-0.3, -0.25) is 9.59 Å². The van der Waals surface area contributed by atoms with Crippen LogP contribution in [0.3, 0.4) is 0 Å². The second-order valence-electron chi connectivity index (χ2n) is 5.74. The number of carbonyl (C=O) groups is 2. The zero-order chi connectivity index (χ0) is 18.8. The third-order valence-corrected chi connectivity index (χ3v) is 3.91. The first kappa shape index (κ1) is 19.6. The van der Waals surface area contributed by atoms with Crippen molar-refractivity contribution in [2.24, 2.45) is 0 Å². The second kappa shape index (κ2) is 10.3. The summed E-state index contributed by atoms with van der Waals surface area (Å²) in [6.45, 7) is 6.06. The second-order valence-corrected chi connectivity index (χ2v) is 5.74. The summed E-state index contributed by atoms with van der Waals surface area (Å²) in [4.78, 5) is 22.8. The molecule has 0 radical (unpaired) electrons. The highest BCUT2D eigenvalue weighted by Gasteiger charge is 2.07. The first-order valence-electron chi connectivity index (χ1n) is 8.93. The van der Waals surface area contributed by atoms with E-state index < -0.39 is 0 Å². The number of hydrogen-bond acceptors (Lipinski definition) is 4. The van der Waals surface area contributed by atoms with Crippen molar-refractivity contribution >= 4 is 12.2 Å². The van der Waals surface area contributed by atoms with Gasteiger partial charge in [-0.2, -0.15) is 0 Å². The molecule has 0 aliphatic heterocycles. The molecule has 1 aromatic carbocycles. The highest BCUT2D eigenvalue weighted by atomic mass is 16.5. The van der Waals surface area contributed by atoms with E-state index >= 15 is 0 Å². The summed E-state index contributed by atoms with van der Waals surface area (Å²) < 4.78 is 12.9. The standard InChI is InChI=1S/C20H26N2O4/c1-3-25-18-8-7-16(14-19(18)26-4-2)9-11-21-20(24)10-13-22-12-5-6-17(22)15-23/h5-8,12,14-15H,3-4,9-11,13H2,1-2H3,(H,21,24). The molecule has 2 aromatic rings. The van der Waals surface area contributed by atoms with Crippen molar-refractivity contribution in [2.45, 2.75) is 33.2 Å². The molecule has 0 aliphatic carbocycles. The molecule has 0 fully saturated rings. The molecule has 2 rings (SSSR count). The van der Waals surface area contributed by atoms with E-state index in [9.17, 15) is 9.59 Å². The number of nitrogens with zero attached hydrogens (tertiary/aromatic N) is 1. The van der Waals surface area contributed by atoms with Gasteiger partial charge in [0.25, 0.3) is 0 Å². The Bertz CT molecular complexity index is 724. The lowest BCUT2D eigenvalue weighted by atomic mass is 10.1. The van der Waals surface area contributed by atoms with Gasteiger partial charge in [0.15, 0.2) is 17.8 Å². The number of ether oxygens (including phenoxy) is 2. The number of amides is 1. The number of carbonyl (C=O) groups excluding carboxylic acids is 2. The largest absolute Gasteiger partial charge is 0.490 e. The number of benzene rings is 1. The number of aldehydes is 1. The highest BCUT2D eigenvalue weighted by molar-refractivity contribution is 5.76. The van der Waals surface area contributed by atoms with Crippen molar-refractivity contribution < 1.29 is 19.1 Å². The number of aryl methyl sites for hydroxylation is 1. The summed E-state index contributed by atoms with van der Waals surface area (Å²) in [5, 5.41) is 2.91. The fourth-order valence-corrected chi connectivity index (χ4v) is 2.65. The first-order chi connectivity index (χ1) is 12.7. The summed E-state index contributed by atoms with van der Waals surface area (Å²) in [6.07, 6.45) is 3.64. The van der Waals surface area contributed by atoms with Crippen molar-refractivity contribution in [1.29, 1.82) is 0 Å². The Hall–Kier alpha value is -2.76. The summed E-state index contributed by atoms with van der Waals surface area (Å²) in [7, 11) is 0. The molecule has 0 bridgehead atoms. The van der Waals surface area contributed by atoms with Gasteiger partial charge in [-0.15, -0.1) is 0 Å². The number of hydrogen-bond donors (Lipinski definition) is 1. The molecule has 0 unspecified atom stereocenters. The molecule has 0 aliphatic rings. The summed E-state index contributed by atoms with van der Waals surface area (Å²) >= 11 is 0. The third-order valence-electron chi connectivity index (χ3n) is 3.91. The smallest absolute Gasteiger partial charge is 0.221 e.